The molecule has 2 nitrogen and oxygen atoms in total. The van der Waals surface area contributed by atoms with Gasteiger partial charge in [-0.15, -0.1) is 23.1 Å². The minimum absolute atomic E-state index is 0.0260. The minimum Gasteiger partial charge on any atom is -0.321 e. The number of carbonyl (C=O) groups is 1. The molecule has 1 fully saturated rings. The first-order chi connectivity index (χ1) is 10.5. The van der Waals surface area contributed by atoms with Crippen LogP contribution in [0.15, 0.2) is 32.5 Å². The first-order valence-electron chi connectivity index (χ1n) is 6.29. The predicted octanol–water partition coefficient (Wildman–Crippen LogP) is 6.47. The average molecular weight is 502 g/mol. The van der Waals surface area contributed by atoms with Gasteiger partial charge in [0.1, 0.15) is 5.37 Å². The van der Waals surface area contributed by atoms with Gasteiger partial charge in [0, 0.05) is 16.8 Å². The summed E-state index contributed by atoms with van der Waals surface area (Å²) in [7, 11) is 0. The second-order valence-electron chi connectivity index (χ2n) is 4.63. The van der Waals surface area contributed by atoms with Crippen molar-refractivity contribution >= 4 is 84.1 Å². The van der Waals surface area contributed by atoms with Gasteiger partial charge in [-0.05, 0) is 55.6 Å². The van der Waals surface area contributed by atoms with E-state index in [0.717, 1.165) is 26.1 Å². The Labute approximate surface area is 163 Å². The quantitative estimate of drug-likeness (QED) is 0.470. The van der Waals surface area contributed by atoms with Gasteiger partial charge in [0.05, 0.1) is 18.7 Å². The first-order valence-corrected chi connectivity index (χ1v) is 10.5. The van der Waals surface area contributed by atoms with Crippen molar-refractivity contribution in [2.75, 3.05) is 12.3 Å². The van der Waals surface area contributed by atoms with Crippen LogP contribution in [0.1, 0.15) is 20.6 Å². The second kappa shape index (κ2) is 7.03. The molecule has 0 bridgehead atoms. The largest absolute Gasteiger partial charge is 0.321 e. The molecule has 2 aromatic rings. The molecule has 116 valence electrons. The topological polar surface area (TPSA) is 20.3 Å². The maximum Gasteiger partial charge on any atom is 0.265 e. The lowest BCUT2D eigenvalue weighted by Gasteiger charge is -2.23. The lowest BCUT2D eigenvalue weighted by molar-refractivity contribution is 0.0765. The summed E-state index contributed by atoms with van der Waals surface area (Å²) in [5.74, 6) is 0.946. The Morgan fingerprint density at radius 3 is 2.64 bits per heavy atom. The van der Waals surface area contributed by atoms with Crippen LogP contribution in [-0.2, 0) is 0 Å². The van der Waals surface area contributed by atoms with Crippen LogP contribution in [-0.4, -0.2) is 23.1 Å². The van der Waals surface area contributed by atoms with E-state index in [0.29, 0.717) is 14.9 Å². The van der Waals surface area contributed by atoms with Crippen molar-refractivity contribution < 1.29 is 4.79 Å². The van der Waals surface area contributed by atoms with Crippen LogP contribution in [0.2, 0.25) is 10.0 Å². The molecule has 1 atom stereocenters. The summed E-state index contributed by atoms with van der Waals surface area (Å²) in [4.78, 5) is 15.4. The van der Waals surface area contributed by atoms with E-state index in [-0.39, 0.29) is 11.3 Å². The number of amides is 1. The highest BCUT2D eigenvalue weighted by molar-refractivity contribution is 9.13. The molecule has 0 unspecified atom stereocenters. The maximum atomic E-state index is 12.8. The van der Waals surface area contributed by atoms with Crippen LogP contribution in [0.5, 0.6) is 0 Å². The van der Waals surface area contributed by atoms with E-state index in [1.54, 1.807) is 17.8 Å². The Balaban J connectivity index is 1.89. The minimum atomic E-state index is -0.0260. The fourth-order valence-corrected chi connectivity index (χ4v) is 5.76. The van der Waals surface area contributed by atoms with E-state index in [1.807, 2.05) is 23.1 Å². The third-order valence-corrected chi connectivity index (χ3v) is 8.48. The zero-order valence-corrected chi connectivity index (χ0v) is 17.3. The molecule has 22 heavy (non-hydrogen) atoms. The molecule has 1 saturated heterocycles. The highest BCUT2D eigenvalue weighted by Crippen LogP contribution is 2.42. The summed E-state index contributed by atoms with van der Waals surface area (Å²) in [5.41, 5.74) is 1.000. The summed E-state index contributed by atoms with van der Waals surface area (Å²) in [6.45, 7) is 0.724. The molecular weight excluding hydrogens is 493 g/mol. The van der Waals surface area contributed by atoms with Crippen LogP contribution < -0.4 is 0 Å². The average Bonchev–Trinajstić information content (AvgIpc) is 3.09. The predicted molar refractivity (Wildman–Crippen MR) is 102 cm³/mol. The molecular formula is C14H9Br2Cl2NOS2. The fourth-order valence-electron chi connectivity index (χ4n) is 2.21. The number of rotatable bonds is 2. The molecule has 0 spiro atoms. The van der Waals surface area contributed by atoms with Gasteiger partial charge in [-0.3, -0.25) is 4.79 Å². The van der Waals surface area contributed by atoms with Crippen LogP contribution in [0.4, 0.5) is 0 Å². The Hall–Kier alpha value is 0.280. The number of thioether (sulfide) groups is 1. The van der Waals surface area contributed by atoms with Gasteiger partial charge in [-0.2, -0.15) is 0 Å². The van der Waals surface area contributed by atoms with Crippen molar-refractivity contribution in [3.8, 4) is 0 Å². The number of hydrogen-bond donors (Lipinski definition) is 0. The zero-order valence-electron chi connectivity index (χ0n) is 11.0. The Kier molecular flexibility index (Phi) is 5.47. The summed E-state index contributed by atoms with van der Waals surface area (Å²) in [6.07, 6.45) is 0. The number of carbonyl (C=O) groups excluding carboxylic acids is 1. The van der Waals surface area contributed by atoms with Crippen LogP contribution in [0.25, 0.3) is 0 Å². The smallest absolute Gasteiger partial charge is 0.265 e. The van der Waals surface area contributed by atoms with Crippen molar-refractivity contribution in [2.45, 2.75) is 5.37 Å². The molecule has 1 aliphatic heterocycles. The molecule has 0 saturated carbocycles. The van der Waals surface area contributed by atoms with Gasteiger partial charge in [-0.1, -0.05) is 29.3 Å². The van der Waals surface area contributed by atoms with Gasteiger partial charge in [0.25, 0.3) is 5.91 Å². The standard InChI is InChI=1S/C14H9Br2Cl2NOS2/c15-8-6-11(22-12(8)16)13(20)19-3-4-21-14(19)7-1-2-9(17)10(18)5-7/h1-2,5-6,14H,3-4H2/t14-/m0/s1. The molecule has 1 amide bonds. The van der Waals surface area contributed by atoms with Crippen LogP contribution in [0, 0.1) is 0 Å². The van der Waals surface area contributed by atoms with Gasteiger partial charge in [0.15, 0.2) is 0 Å². The highest BCUT2D eigenvalue weighted by Gasteiger charge is 2.32. The Morgan fingerprint density at radius 1 is 1.23 bits per heavy atom. The summed E-state index contributed by atoms with van der Waals surface area (Å²) < 4.78 is 1.83. The van der Waals surface area contributed by atoms with Crippen molar-refractivity contribution in [3.05, 3.63) is 53.0 Å². The monoisotopic (exact) mass is 499 g/mol. The lowest BCUT2D eigenvalue weighted by Crippen LogP contribution is -2.29. The number of thiophene rings is 1. The van der Waals surface area contributed by atoms with Crippen molar-refractivity contribution in [3.63, 3.8) is 0 Å². The first kappa shape index (κ1) is 17.1. The molecule has 1 aromatic heterocycles. The molecule has 2 heterocycles. The Morgan fingerprint density at radius 2 is 2.00 bits per heavy atom. The van der Waals surface area contributed by atoms with Gasteiger partial charge < -0.3 is 4.90 Å². The second-order valence-corrected chi connectivity index (χ2v) is 9.85. The highest BCUT2D eigenvalue weighted by atomic mass is 79.9. The van der Waals surface area contributed by atoms with E-state index >= 15 is 0 Å². The zero-order chi connectivity index (χ0) is 15.9. The van der Waals surface area contributed by atoms with Crippen molar-refractivity contribution in [1.82, 2.24) is 4.90 Å². The third-order valence-electron chi connectivity index (χ3n) is 3.24. The molecule has 0 aliphatic carbocycles. The van der Waals surface area contributed by atoms with Gasteiger partial charge in [0.2, 0.25) is 0 Å². The summed E-state index contributed by atoms with van der Waals surface area (Å²) in [5, 5.41) is 1.01. The SMILES string of the molecule is O=C(c1cc(Br)c(Br)s1)N1CCS[C@H]1c1ccc(Cl)c(Cl)c1. The van der Waals surface area contributed by atoms with E-state index in [1.165, 1.54) is 11.3 Å². The molecule has 1 aliphatic rings. The van der Waals surface area contributed by atoms with Crippen molar-refractivity contribution in [1.29, 1.82) is 0 Å². The van der Waals surface area contributed by atoms with Gasteiger partial charge in [-0.25, -0.2) is 0 Å². The molecule has 0 N–H and O–H groups in total. The van der Waals surface area contributed by atoms with E-state index in [9.17, 15) is 4.79 Å². The van der Waals surface area contributed by atoms with E-state index < -0.39 is 0 Å². The summed E-state index contributed by atoms with van der Waals surface area (Å²) in [6, 6.07) is 7.40. The lowest BCUT2D eigenvalue weighted by atomic mass is 10.2. The van der Waals surface area contributed by atoms with Gasteiger partial charge >= 0.3 is 0 Å². The molecule has 3 rings (SSSR count). The van der Waals surface area contributed by atoms with E-state index in [2.05, 4.69) is 31.9 Å². The maximum absolute atomic E-state index is 12.8. The third kappa shape index (κ3) is 3.37. The number of nitrogens with zero attached hydrogens (tertiary/aromatic N) is 1. The van der Waals surface area contributed by atoms with Crippen LogP contribution in [0.3, 0.4) is 0 Å². The number of benzene rings is 1. The van der Waals surface area contributed by atoms with Crippen LogP contribution >= 0.6 is 78.2 Å². The summed E-state index contributed by atoms with van der Waals surface area (Å²) >= 11 is 22.1. The number of hydrogen-bond acceptors (Lipinski definition) is 3. The molecule has 8 heteroatoms. The normalized spacial score (nSPS) is 18.0. The molecule has 0 radical (unpaired) electrons. The Bertz CT molecular complexity index is 718. The number of halogens is 4. The van der Waals surface area contributed by atoms with Crippen molar-refractivity contribution in [2.24, 2.45) is 0 Å². The van der Waals surface area contributed by atoms with E-state index in [4.69, 9.17) is 23.2 Å². The molecule has 1 aromatic carbocycles. The fraction of sp³-hybridized carbons (Fsp3) is 0.214.